The van der Waals surface area contributed by atoms with Crippen LogP contribution in [0.1, 0.15) is 5.56 Å². The predicted octanol–water partition coefficient (Wildman–Crippen LogP) is 3.41. The maximum absolute atomic E-state index is 8.87. The molecule has 0 radical (unpaired) electrons. The molecule has 2 aromatic rings. The molecular formula is C10H4Cl2N2. The Labute approximate surface area is 90.7 Å². The molecule has 0 aliphatic heterocycles. The quantitative estimate of drug-likeness (QED) is 0.641. The third-order valence-corrected chi connectivity index (χ3v) is 2.29. The number of pyridine rings is 1. The molecule has 0 unspecified atom stereocenters. The van der Waals surface area contributed by atoms with Crippen molar-refractivity contribution in [2.75, 3.05) is 0 Å². The normalized spacial score (nSPS) is 10.1. The first kappa shape index (κ1) is 9.26. The first-order valence-electron chi connectivity index (χ1n) is 3.86. The van der Waals surface area contributed by atoms with Crippen LogP contribution in [-0.4, -0.2) is 4.98 Å². The Balaban J connectivity index is 2.90. The fraction of sp³-hybridized carbons (Fsp3) is 0. The summed E-state index contributed by atoms with van der Waals surface area (Å²) < 4.78 is 0. The first-order valence-corrected chi connectivity index (χ1v) is 4.62. The third kappa shape index (κ3) is 1.52. The van der Waals surface area contributed by atoms with Crippen LogP contribution in [0.3, 0.4) is 0 Å². The Kier molecular flexibility index (Phi) is 2.28. The van der Waals surface area contributed by atoms with E-state index in [1.807, 2.05) is 0 Å². The lowest BCUT2D eigenvalue weighted by atomic mass is 10.1. The molecule has 0 aliphatic rings. The molecular weight excluding hydrogens is 219 g/mol. The standard InChI is InChI=1S/C10H4Cl2N2/c11-7-1-2-9-8(4-7)6(5-13)3-10(12)14-9/h1-4H. The molecule has 0 aliphatic carbocycles. The van der Waals surface area contributed by atoms with Crippen LogP contribution >= 0.6 is 23.2 Å². The Morgan fingerprint density at radius 1 is 1.21 bits per heavy atom. The summed E-state index contributed by atoms with van der Waals surface area (Å²) in [7, 11) is 0. The van der Waals surface area contributed by atoms with Crippen LogP contribution < -0.4 is 0 Å². The zero-order valence-electron chi connectivity index (χ0n) is 6.96. The van der Waals surface area contributed by atoms with Gasteiger partial charge in [0.25, 0.3) is 0 Å². The fourth-order valence-corrected chi connectivity index (χ4v) is 1.63. The monoisotopic (exact) mass is 222 g/mol. The lowest BCUT2D eigenvalue weighted by Crippen LogP contribution is -1.84. The van der Waals surface area contributed by atoms with E-state index in [1.54, 1.807) is 18.2 Å². The molecule has 0 fully saturated rings. The molecule has 1 aromatic carbocycles. The van der Waals surface area contributed by atoms with E-state index < -0.39 is 0 Å². The van der Waals surface area contributed by atoms with Crippen molar-refractivity contribution < 1.29 is 0 Å². The topological polar surface area (TPSA) is 36.7 Å². The number of nitriles is 1. The van der Waals surface area contributed by atoms with Gasteiger partial charge in [0.2, 0.25) is 0 Å². The zero-order valence-corrected chi connectivity index (χ0v) is 8.47. The molecule has 0 atom stereocenters. The summed E-state index contributed by atoms with van der Waals surface area (Å²) in [6.07, 6.45) is 0. The molecule has 14 heavy (non-hydrogen) atoms. The Morgan fingerprint density at radius 3 is 2.71 bits per heavy atom. The molecule has 2 nitrogen and oxygen atoms in total. The second-order valence-electron chi connectivity index (χ2n) is 2.77. The van der Waals surface area contributed by atoms with Crippen molar-refractivity contribution in [1.29, 1.82) is 5.26 Å². The molecule has 2 rings (SSSR count). The average Bonchev–Trinajstić information content (AvgIpc) is 2.17. The number of nitrogens with zero attached hydrogens (tertiary/aromatic N) is 2. The molecule has 0 bridgehead atoms. The van der Waals surface area contributed by atoms with E-state index >= 15 is 0 Å². The second-order valence-corrected chi connectivity index (χ2v) is 3.59. The third-order valence-electron chi connectivity index (χ3n) is 1.86. The average molecular weight is 223 g/mol. The van der Waals surface area contributed by atoms with Crippen molar-refractivity contribution in [3.05, 3.63) is 40.0 Å². The number of rotatable bonds is 0. The molecule has 0 saturated heterocycles. The summed E-state index contributed by atoms with van der Waals surface area (Å²) in [5.74, 6) is 0. The number of aromatic nitrogens is 1. The summed E-state index contributed by atoms with van der Waals surface area (Å²) in [5.41, 5.74) is 1.17. The Bertz CT molecular complexity index is 544. The van der Waals surface area contributed by atoms with E-state index in [-0.39, 0.29) is 0 Å². The van der Waals surface area contributed by atoms with Gasteiger partial charge in [0, 0.05) is 10.4 Å². The van der Waals surface area contributed by atoms with Gasteiger partial charge in [0.15, 0.2) is 0 Å². The first-order chi connectivity index (χ1) is 6.70. The minimum Gasteiger partial charge on any atom is -0.236 e. The maximum Gasteiger partial charge on any atom is 0.131 e. The van der Waals surface area contributed by atoms with Gasteiger partial charge < -0.3 is 0 Å². The molecule has 0 amide bonds. The van der Waals surface area contributed by atoms with Crippen molar-refractivity contribution in [3.8, 4) is 6.07 Å². The fourth-order valence-electron chi connectivity index (χ4n) is 1.26. The van der Waals surface area contributed by atoms with Crippen LogP contribution in [0.4, 0.5) is 0 Å². The highest BCUT2D eigenvalue weighted by molar-refractivity contribution is 6.32. The van der Waals surface area contributed by atoms with Crippen LogP contribution in [0, 0.1) is 11.3 Å². The van der Waals surface area contributed by atoms with Gasteiger partial charge in [-0.1, -0.05) is 23.2 Å². The molecule has 1 heterocycles. The van der Waals surface area contributed by atoms with Gasteiger partial charge in [-0.15, -0.1) is 0 Å². The highest BCUT2D eigenvalue weighted by Gasteiger charge is 2.04. The van der Waals surface area contributed by atoms with Crippen LogP contribution in [0.5, 0.6) is 0 Å². The summed E-state index contributed by atoms with van der Waals surface area (Å²) in [5, 5.41) is 10.5. The van der Waals surface area contributed by atoms with E-state index in [4.69, 9.17) is 28.5 Å². The maximum atomic E-state index is 8.87. The van der Waals surface area contributed by atoms with E-state index in [0.29, 0.717) is 21.3 Å². The molecule has 68 valence electrons. The summed E-state index contributed by atoms with van der Waals surface area (Å²) >= 11 is 11.6. The minimum absolute atomic E-state index is 0.316. The van der Waals surface area contributed by atoms with Gasteiger partial charge >= 0.3 is 0 Å². The molecule has 4 heteroatoms. The summed E-state index contributed by atoms with van der Waals surface area (Å²) in [6, 6.07) is 8.75. The lowest BCUT2D eigenvalue weighted by molar-refractivity contribution is 1.39. The van der Waals surface area contributed by atoms with Crippen LogP contribution in [0.2, 0.25) is 10.2 Å². The predicted molar refractivity (Wildman–Crippen MR) is 56.5 cm³/mol. The van der Waals surface area contributed by atoms with Crippen LogP contribution in [0.25, 0.3) is 10.9 Å². The Morgan fingerprint density at radius 2 is 2.00 bits per heavy atom. The van der Waals surface area contributed by atoms with Crippen molar-refractivity contribution in [2.24, 2.45) is 0 Å². The van der Waals surface area contributed by atoms with Gasteiger partial charge in [-0.2, -0.15) is 5.26 Å². The van der Waals surface area contributed by atoms with E-state index in [2.05, 4.69) is 11.1 Å². The number of benzene rings is 1. The van der Waals surface area contributed by atoms with Gasteiger partial charge in [-0.3, -0.25) is 0 Å². The molecule has 0 saturated carbocycles. The highest BCUT2D eigenvalue weighted by atomic mass is 35.5. The number of hydrogen-bond acceptors (Lipinski definition) is 2. The SMILES string of the molecule is N#Cc1cc(Cl)nc2ccc(Cl)cc12. The zero-order chi connectivity index (χ0) is 10.1. The molecule has 1 aromatic heterocycles. The van der Waals surface area contributed by atoms with E-state index in [1.165, 1.54) is 6.07 Å². The van der Waals surface area contributed by atoms with Gasteiger partial charge in [0.1, 0.15) is 5.15 Å². The van der Waals surface area contributed by atoms with Crippen LogP contribution in [0.15, 0.2) is 24.3 Å². The van der Waals surface area contributed by atoms with Crippen molar-refractivity contribution in [1.82, 2.24) is 4.98 Å². The summed E-state index contributed by atoms with van der Waals surface area (Å²) in [6.45, 7) is 0. The van der Waals surface area contributed by atoms with E-state index in [0.717, 1.165) is 5.39 Å². The number of fused-ring (bicyclic) bond motifs is 1. The molecule has 0 N–H and O–H groups in total. The number of halogens is 2. The Hall–Kier alpha value is -1.30. The van der Waals surface area contributed by atoms with Crippen molar-refractivity contribution >= 4 is 34.1 Å². The summed E-state index contributed by atoms with van der Waals surface area (Å²) in [4.78, 5) is 4.08. The smallest absolute Gasteiger partial charge is 0.131 e. The van der Waals surface area contributed by atoms with E-state index in [9.17, 15) is 0 Å². The minimum atomic E-state index is 0.316. The number of hydrogen-bond donors (Lipinski definition) is 0. The molecule has 0 spiro atoms. The van der Waals surface area contributed by atoms with Crippen LogP contribution in [-0.2, 0) is 0 Å². The largest absolute Gasteiger partial charge is 0.236 e. The second kappa shape index (κ2) is 3.45. The van der Waals surface area contributed by atoms with Gasteiger partial charge in [0.05, 0.1) is 17.1 Å². The highest BCUT2D eigenvalue weighted by Crippen LogP contribution is 2.23. The van der Waals surface area contributed by atoms with Gasteiger partial charge in [-0.05, 0) is 24.3 Å². The van der Waals surface area contributed by atoms with Gasteiger partial charge in [-0.25, -0.2) is 4.98 Å². The van der Waals surface area contributed by atoms with Crippen molar-refractivity contribution in [2.45, 2.75) is 0 Å². The lowest BCUT2D eigenvalue weighted by Gasteiger charge is -2.00. The van der Waals surface area contributed by atoms with Crippen molar-refractivity contribution in [3.63, 3.8) is 0 Å².